The van der Waals surface area contributed by atoms with Gasteiger partial charge in [-0.15, -0.1) is 0 Å². The topological polar surface area (TPSA) is 33.2 Å². The van der Waals surface area contributed by atoms with E-state index in [-0.39, 0.29) is 11.5 Å². The van der Waals surface area contributed by atoms with Crippen LogP contribution in [0.1, 0.15) is 17.4 Å². The summed E-state index contributed by atoms with van der Waals surface area (Å²) in [5.41, 5.74) is 0.825. The summed E-state index contributed by atoms with van der Waals surface area (Å²) in [4.78, 5) is 17.2. The van der Waals surface area contributed by atoms with E-state index in [2.05, 4.69) is 4.98 Å². The Morgan fingerprint density at radius 3 is 2.60 bits per heavy atom. The number of halogens is 1. The minimum Gasteiger partial charge on any atom is -0.383 e. The molecule has 0 saturated heterocycles. The van der Waals surface area contributed by atoms with Gasteiger partial charge in [-0.3, -0.25) is 4.79 Å². The van der Waals surface area contributed by atoms with E-state index in [1.165, 1.54) is 12.1 Å². The van der Waals surface area contributed by atoms with Gasteiger partial charge >= 0.3 is 0 Å². The molecule has 3 nitrogen and oxygen atoms in total. The third-order valence-corrected chi connectivity index (χ3v) is 1.77. The van der Waals surface area contributed by atoms with Crippen molar-refractivity contribution in [1.29, 1.82) is 0 Å². The van der Waals surface area contributed by atoms with Gasteiger partial charge in [-0.2, -0.15) is 0 Å². The highest BCUT2D eigenvalue weighted by molar-refractivity contribution is 6.06. The van der Waals surface area contributed by atoms with Gasteiger partial charge in [0.05, 0.1) is 6.20 Å². The second kappa shape index (κ2) is 4.68. The molecule has 0 saturated carbocycles. The van der Waals surface area contributed by atoms with Crippen molar-refractivity contribution < 1.29 is 9.18 Å². The van der Waals surface area contributed by atoms with Crippen molar-refractivity contribution in [3.05, 3.63) is 41.6 Å². The molecule has 1 rings (SSSR count). The summed E-state index contributed by atoms with van der Waals surface area (Å²) < 4.78 is 12.6. The normalized spacial score (nSPS) is 11.3. The molecule has 80 valence electrons. The molecule has 1 heterocycles. The van der Waals surface area contributed by atoms with E-state index in [4.69, 9.17) is 0 Å². The number of rotatable bonds is 3. The van der Waals surface area contributed by atoms with Gasteiger partial charge in [-0.05, 0) is 19.1 Å². The van der Waals surface area contributed by atoms with Gasteiger partial charge in [0, 0.05) is 25.9 Å². The number of aromatic nitrogens is 1. The van der Waals surface area contributed by atoms with Crippen LogP contribution in [0, 0.1) is 5.82 Å². The Hall–Kier alpha value is -1.71. The summed E-state index contributed by atoms with van der Waals surface area (Å²) in [5, 5.41) is 0. The van der Waals surface area contributed by atoms with E-state index in [1.807, 2.05) is 14.1 Å². The minimum absolute atomic E-state index is 0.191. The molecule has 0 unspecified atom stereocenters. The average Bonchev–Trinajstić information content (AvgIpc) is 2.17. The van der Waals surface area contributed by atoms with Crippen LogP contribution in [0.5, 0.6) is 0 Å². The number of carbonyl (C=O) groups is 1. The molecule has 0 bridgehead atoms. The van der Waals surface area contributed by atoms with Gasteiger partial charge < -0.3 is 4.90 Å². The Morgan fingerprint density at radius 2 is 2.13 bits per heavy atom. The molecule has 0 amide bonds. The number of Topliss-reactive ketones (excluding diaryl/α,β-unsaturated/α-hetero) is 1. The first-order valence-electron chi connectivity index (χ1n) is 4.52. The number of hydrogen-bond acceptors (Lipinski definition) is 3. The molecule has 4 heteroatoms. The Bertz CT molecular complexity index is 382. The van der Waals surface area contributed by atoms with Crippen LogP contribution >= 0.6 is 0 Å². The summed E-state index contributed by atoms with van der Waals surface area (Å²) in [6.45, 7) is 1.70. The van der Waals surface area contributed by atoms with Gasteiger partial charge in [0.2, 0.25) is 5.78 Å². The third-order valence-electron chi connectivity index (χ3n) is 1.77. The van der Waals surface area contributed by atoms with E-state index < -0.39 is 5.82 Å². The molecule has 0 aromatic carbocycles. The van der Waals surface area contributed by atoms with Gasteiger partial charge in [-0.1, -0.05) is 0 Å². The summed E-state index contributed by atoms with van der Waals surface area (Å²) >= 11 is 0. The lowest BCUT2D eigenvalue weighted by Crippen LogP contribution is -2.09. The number of carbonyl (C=O) groups excluding carboxylic acids is 1. The Labute approximate surface area is 88.2 Å². The van der Waals surface area contributed by atoms with Crippen LogP contribution in [0.25, 0.3) is 0 Å². The highest BCUT2D eigenvalue weighted by Crippen LogP contribution is 2.06. The van der Waals surface area contributed by atoms with Gasteiger partial charge in [0.1, 0.15) is 11.5 Å². The lowest BCUT2D eigenvalue weighted by atomic mass is 10.1. The smallest absolute Gasteiger partial charge is 0.208 e. The first-order chi connectivity index (χ1) is 7.00. The van der Waals surface area contributed by atoms with E-state index >= 15 is 0 Å². The van der Waals surface area contributed by atoms with E-state index in [9.17, 15) is 9.18 Å². The van der Waals surface area contributed by atoms with Crippen molar-refractivity contribution in [2.75, 3.05) is 14.1 Å². The van der Waals surface area contributed by atoms with Crippen LogP contribution in [0.15, 0.2) is 30.1 Å². The van der Waals surface area contributed by atoms with Crippen molar-refractivity contribution in [1.82, 2.24) is 9.88 Å². The van der Waals surface area contributed by atoms with E-state index in [0.717, 1.165) is 6.20 Å². The number of nitrogens with zero attached hydrogens (tertiary/aromatic N) is 2. The summed E-state index contributed by atoms with van der Waals surface area (Å²) in [6, 6.07) is 2.60. The van der Waals surface area contributed by atoms with Crippen molar-refractivity contribution in [3.8, 4) is 0 Å². The van der Waals surface area contributed by atoms with Gasteiger partial charge in [0.25, 0.3) is 0 Å². The third kappa shape index (κ3) is 3.16. The molecule has 0 spiro atoms. The lowest BCUT2D eigenvalue weighted by Gasteiger charge is -2.06. The maximum absolute atomic E-state index is 12.6. The van der Waals surface area contributed by atoms with Crippen LogP contribution < -0.4 is 0 Å². The number of allylic oxidation sites excluding steroid dienone is 1. The zero-order valence-corrected chi connectivity index (χ0v) is 8.99. The van der Waals surface area contributed by atoms with Crippen LogP contribution in [0.4, 0.5) is 4.39 Å². The maximum Gasteiger partial charge on any atom is 0.208 e. The molecule has 0 aliphatic carbocycles. The lowest BCUT2D eigenvalue weighted by molar-refractivity contribution is 0.102. The Balaban J connectivity index is 2.90. The summed E-state index contributed by atoms with van der Waals surface area (Å²) in [5.74, 6) is -0.635. The van der Waals surface area contributed by atoms with Crippen molar-refractivity contribution >= 4 is 5.78 Å². The van der Waals surface area contributed by atoms with Crippen molar-refractivity contribution in [3.63, 3.8) is 0 Å². The quantitative estimate of drug-likeness (QED) is 0.561. The first kappa shape index (κ1) is 11.4. The molecule has 0 radical (unpaired) electrons. The molecule has 1 aromatic heterocycles. The predicted octanol–water partition coefficient (Wildman–Crippen LogP) is 1.87. The standard InChI is InChI=1S/C11H13FN2O/c1-8(7-14(2)3)11(15)10-5-4-9(12)6-13-10/h4-7H,1-3H3/b8-7-. The highest BCUT2D eigenvalue weighted by Gasteiger charge is 2.09. The largest absolute Gasteiger partial charge is 0.383 e. The molecular weight excluding hydrogens is 195 g/mol. The molecule has 0 N–H and O–H groups in total. The van der Waals surface area contributed by atoms with Crippen LogP contribution in [-0.4, -0.2) is 29.8 Å². The second-order valence-electron chi connectivity index (χ2n) is 3.47. The average molecular weight is 208 g/mol. The summed E-state index contributed by atoms with van der Waals surface area (Å²) in [7, 11) is 3.66. The van der Waals surface area contributed by atoms with Crippen molar-refractivity contribution in [2.45, 2.75) is 6.92 Å². The second-order valence-corrected chi connectivity index (χ2v) is 3.47. The molecule has 0 aliphatic rings. The maximum atomic E-state index is 12.6. The number of ketones is 1. The predicted molar refractivity (Wildman–Crippen MR) is 56.0 cm³/mol. The number of hydrogen-bond donors (Lipinski definition) is 0. The van der Waals surface area contributed by atoms with Crippen LogP contribution in [0.2, 0.25) is 0 Å². The van der Waals surface area contributed by atoms with Gasteiger partial charge in [-0.25, -0.2) is 9.37 Å². The van der Waals surface area contributed by atoms with E-state index in [0.29, 0.717) is 5.57 Å². The Kier molecular flexibility index (Phi) is 3.55. The molecule has 1 aromatic rings. The Morgan fingerprint density at radius 1 is 1.47 bits per heavy atom. The molecular formula is C11H13FN2O. The zero-order valence-electron chi connectivity index (χ0n) is 8.99. The fourth-order valence-corrected chi connectivity index (χ4v) is 1.16. The highest BCUT2D eigenvalue weighted by atomic mass is 19.1. The molecule has 0 atom stereocenters. The van der Waals surface area contributed by atoms with Crippen LogP contribution in [-0.2, 0) is 0 Å². The fourth-order valence-electron chi connectivity index (χ4n) is 1.16. The van der Waals surface area contributed by atoms with Crippen molar-refractivity contribution in [2.24, 2.45) is 0 Å². The summed E-state index contributed by atoms with van der Waals surface area (Å²) in [6.07, 6.45) is 2.74. The van der Waals surface area contributed by atoms with Crippen LogP contribution in [0.3, 0.4) is 0 Å². The SMILES string of the molecule is C/C(=C/N(C)C)C(=O)c1ccc(F)cn1. The monoisotopic (exact) mass is 208 g/mol. The molecule has 0 aliphatic heterocycles. The first-order valence-corrected chi connectivity index (χ1v) is 4.52. The minimum atomic E-state index is -0.444. The van der Waals surface area contributed by atoms with Gasteiger partial charge in [0.15, 0.2) is 0 Å². The molecule has 0 fully saturated rings. The van der Waals surface area contributed by atoms with E-state index in [1.54, 1.807) is 18.0 Å². The number of pyridine rings is 1. The zero-order chi connectivity index (χ0) is 11.4. The fraction of sp³-hybridized carbons (Fsp3) is 0.273. The molecule has 15 heavy (non-hydrogen) atoms.